The van der Waals surface area contributed by atoms with E-state index < -0.39 is 38.9 Å². The molecule has 1 aromatic carbocycles. The molecule has 1 unspecified atom stereocenters. The van der Waals surface area contributed by atoms with Crippen molar-refractivity contribution in [2.45, 2.75) is 16.3 Å². The zero-order valence-electron chi connectivity index (χ0n) is 8.88. The third-order valence-electron chi connectivity index (χ3n) is 2.38. The predicted octanol–water partition coefficient (Wildman–Crippen LogP) is 1.59. The Balaban J connectivity index is 2.38. The van der Waals surface area contributed by atoms with Gasteiger partial charge in [-0.25, -0.2) is 13.2 Å². The monoisotopic (exact) mass is 278 g/mol. The first kappa shape index (κ1) is 12.7. The highest BCUT2D eigenvalue weighted by Crippen LogP contribution is 2.35. The first-order valence-corrected chi connectivity index (χ1v) is 6.35. The summed E-state index contributed by atoms with van der Waals surface area (Å²) in [5, 5.41) is -4.24. The Morgan fingerprint density at radius 3 is 2.33 bits per heavy atom. The minimum atomic E-state index is -4.94. The van der Waals surface area contributed by atoms with Crippen molar-refractivity contribution in [3.8, 4) is 0 Å². The fraction of sp³-hybridized carbons (Fsp3) is 0.300. The molecule has 5 nitrogen and oxygen atoms in total. The van der Waals surface area contributed by atoms with Crippen molar-refractivity contribution in [2.24, 2.45) is 0 Å². The van der Waals surface area contributed by atoms with E-state index in [-0.39, 0.29) is 0 Å². The maximum atomic E-state index is 13.8. The number of benzene rings is 1. The lowest BCUT2D eigenvalue weighted by Gasteiger charge is -2.20. The van der Waals surface area contributed by atoms with E-state index in [1.807, 2.05) is 0 Å². The molecule has 0 N–H and O–H groups in total. The van der Waals surface area contributed by atoms with Gasteiger partial charge >= 0.3 is 11.4 Å². The van der Waals surface area contributed by atoms with Crippen molar-refractivity contribution in [3.63, 3.8) is 0 Å². The Labute approximate surface area is 101 Å². The number of alkyl halides is 2. The summed E-state index contributed by atoms with van der Waals surface area (Å²) in [6.45, 7) is -0.794. The summed E-state index contributed by atoms with van der Waals surface area (Å²) in [4.78, 5) is 10.0. The first-order chi connectivity index (χ1) is 8.35. The highest BCUT2D eigenvalue weighted by atomic mass is 32.2. The van der Waals surface area contributed by atoms with E-state index in [2.05, 4.69) is 9.47 Å². The normalized spacial score (nSPS) is 20.3. The number of halogens is 2. The summed E-state index contributed by atoms with van der Waals surface area (Å²) in [6.07, 6.45) is -3.43. The summed E-state index contributed by atoms with van der Waals surface area (Å²) < 4.78 is 59.5. The predicted molar refractivity (Wildman–Crippen MR) is 54.8 cm³/mol. The summed E-state index contributed by atoms with van der Waals surface area (Å²) in [6, 6.07) is 6.22. The maximum absolute atomic E-state index is 13.8. The van der Waals surface area contributed by atoms with Crippen molar-refractivity contribution >= 4 is 16.0 Å². The zero-order chi connectivity index (χ0) is 13.4. The van der Waals surface area contributed by atoms with Gasteiger partial charge in [0.2, 0.25) is 15.9 Å². The fourth-order valence-corrected chi connectivity index (χ4v) is 2.72. The smallest absolute Gasteiger partial charge is 0.430 e. The second-order valence-corrected chi connectivity index (χ2v) is 5.57. The quantitative estimate of drug-likeness (QED) is 0.785. The van der Waals surface area contributed by atoms with E-state index in [0.29, 0.717) is 0 Å². The van der Waals surface area contributed by atoms with E-state index in [1.165, 1.54) is 18.2 Å². The fourth-order valence-electron chi connectivity index (χ4n) is 1.42. The van der Waals surface area contributed by atoms with Crippen molar-refractivity contribution < 1.29 is 31.5 Å². The topological polar surface area (TPSA) is 69.7 Å². The number of carbonyl (C=O) groups excluding carboxylic acids is 1. The lowest BCUT2D eigenvalue weighted by Crippen LogP contribution is -2.42. The van der Waals surface area contributed by atoms with Gasteiger partial charge in [-0.1, -0.05) is 18.2 Å². The molecule has 1 aromatic rings. The molecule has 98 valence electrons. The SMILES string of the molecule is O=C1OCC(C(F)(F)S(=O)(=O)c2ccccc2)O1. The molecule has 1 atom stereocenters. The van der Waals surface area contributed by atoms with Gasteiger partial charge in [0.25, 0.3) is 0 Å². The minimum absolute atomic E-state index is 0.544. The van der Waals surface area contributed by atoms with Gasteiger partial charge in [-0.3, -0.25) is 0 Å². The van der Waals surface area contributed by atoms with Gasteiger partial charge in [-0.15, -0.1) is 0 Å². The summed E-state index contributed by atoms with van der Waals surface area (Å²) in [5.74, 6) is 0. The molecule has 1 aliphatic heterocycles. The Kier molecular flexibility index (Phi) is 2.97. The standard InChI is InChI=1S/C10H8F2O5S/c11-10(12,8-6-16-9(13)17-8)18(14,15)7-4-2-1-3-5-7/h1-5,8H,6H2. The molecule has 1 saturated heterocycles. The molecule has 0 saturated carbocycles. The van der Waals surface area contributed by atoms with Gasteiger partial charge < -0.3 is 9.47 Å². The summed E-state index contributed by atoms with van der Waals surface area (Å²) in [7, 11) is -4.94. The number of hydrogen-bond acceptors (Lipinski definition) is 5. The van der Waals surface area contributed by atoms with Crippen molar-refractivity contribution in [2.75, 3.05) is 6.61 Å². The average Bonchev–Trinajstić information content (AvgIpc) is 2.77. The molecule has 0 aliphatic carbocycles. The van der Waals surface area contributed by atoms with Crippen LogP contribution in [0.3, 0.4) is 0 Å². The molecule has 0 bridgehead atoms. The lowest BCUT2D eigenvalue weighted by molar-refractivity contribution is -0.0264. The van der Waals surface area contributed by atoms with Crippen LogP contribution >= 0.6 is 0 Å². The van der Waals surface area contributed by atoms with Crippen LogP contribution in [0.15, 0.2) is 35.2 Å². The highest BCUT2D eigenvalue weighted by molar-refractivity contribution is 7.92. The van der Waals surface area contributed by atoms with Gasteiger partial charge in [0, 0.05) is 0 Å². The van der Waals surface area contributed by atoms with Crippen LogP contribution in [0.5, 0.6) is 0 Å². The van der Waals surface area contributed by atoms with Crippen LogP contribution < -0.4 is 0 Å². The molecule has 0 spiro atoms. The van der Waals surface area contributed by atoms with Gasteiger partial charge in [-0.2, -0.15) is 8.78 Å². The molecular weight excluding hydrogens is 270 g/mol. The Bertz CT molecular complexity index is 555. The number of carbonyl (C=O) groups is 1. The molecule has 0 radical (unpaired) electrons. The molecule has 0 amide bonds. The van der Waals surface area contributed by atoms with Crippen LogP contribution in [0.1, 0.15) is 0 Å². The summed E-state index contributed by atoms with van der Waals surface area (Å²) in [5.41, 5.74) is 0. The van der Waals surface area contributed by atoms with Gasteiger partial charge in [0.05, 0.1) is 4.90 Å². The van der Waals surface area contributed by atoms with E-state index in [4.69, 9.17) is 0 Å². The second kappa shape index (κ2) is 4.20. The van der Waals surface area contributed by atoms with Gasteiger partial charge in [-0.05, 0) is 12.1 Å². The van der Waals surface area contributed by atoms with Crippen molar-refractivity contribution in [3.05, 3.63) is 30.3 Å². The molecule has 0 aromatic heterocycles. The van der Waals surface area contributed by atoms with Crippen LogP contribution in [-0.2, 0) is 19.3 Å². The van der Waals surface area contributed by atoms with Gasteiger partial charge in [0.15, 0.2) is 0 Å². The molecule has 1 fully saturated rings. The van der Waals surface area contributed by atoms with Crippen LogP contribution in [0.2, 0.25) is 0 Å². The molecule has 1 aliphatic rings. The molecule has 1 heterocycles. The Morgan fingerprint density at radius 2 is 1.83 bits per heavy atom. The molecule has 8 heteroatoms. The van der Waals surface area contributed by atoms with Crippen molar-refractivity contribution in [1.82, 2.24) is 0 Å². The number of rotatable bonds is 3. The second-order valence-electron chi connectivity index (χ2n) is 3.55. The number of sulfone groups is 1. The van der Waals surface area contributed by atoms with Crippen LogP contribution in [0.4, 0.5) is 13.6 Å². The first-order valence-electron chi connectivity index (χ1n) is 4.86. The van der Waals surface area contributed by atoms with Gasteiger partial charge in [0.1, 0.15) is 6.61 Å². The van der Waals surface area contributed by atoms with E-state index in [0.717, 1.165) is 12.1 Å². The van der Waals surface area contributed by atoms with E-state index in [9.17, 15) is 22.0 Å². The zero-order valence-corrected chi connectivity index (χ0v) is 9.69. The van der Waals surface area contributed by atoms with Crippen LogP contribution in [0.25, 0.3) is 0 Å². The van der Waals surface area contributed by atoms with E-state index >= 15 is 0 Å². The third kappa shape index (κ3) is 1.92. The largest absolute Gasteiger partial charge is 0.509 e. The van der Waals surface area contributed by atoms with Crippen molar-refractivity contribution in [1.29, 1.82) is 0 Å². The van der Waals surface area contributed by atoms with Crippen LogP contribution in [-0.4, -0.2) is 32.5 Å². The molecule has 2 rings (SSSR count). The lowest BCUT2D eigenvalue weighted by atomic mass is 10.4. The summed E-state index contributed by atoms with van der Waals surface area (Å²) >= 11 is 0. The molecule has 18 heavy (non-hydrogen) atoms. The number of cyclic esters (lactones) is 2. The maximum Gasteiger partial charge on any atom is 0.509 e. The van der Waals surface area contributed by atoms with E-state index in [1.54, 1.807) is 0 Å². The number of hydrogen-bond donors (Lipinski definition) is 0. The average molecular weight is 278 g/mol. The van der Waals surface area contributed by atoms with Crippen LogP contribution in [0, 0.1) is 0 Å². The Morgan fingerprint density at radius 1 is 1.22 bits per heavy atom. The minimum Gasteiger partial charge on any atom is -0.430 e. The molecular formula is C10H8F2O5S. The Hall–Kier alpha value is -1.70. The number of ether oxygens (including phenoxy) is 2. The highest BCUT2D eigenvalue weighted by Gasteiger charge is 2.57. The third-order valence-corrected chi connectivity index (χ3v) is 4.25.